The minimum atomic E-state index is -2.88. The molecule has 0 saturated heterocycles. The number of amides is 1. The maximum atomic E-state index is 12.4. The predicted molar refractivity (Wildman–Crippen MR) is 101 cm³/mol. The molecule has 28 heavy (non-hydrogen) atoms. The van der Waals surface area contributed by atoms with E-state index in [2.05, 4.69) is 20.3 Å². The summed E-state index contributed by atoms with van der Waals surface area (Å²) in [4.78, 5) is 12.4. The van der Waals surface area contributed by atoms with Crippen molar-refractivity contribution in [2.24, 2.45) is 0 Å². The average molecular weight is 405 g/mol. The minimum absolute atomic E-state index is 0.0364. The molecule has 3 aromatic rings. The number of carbonyl (C=O) groups is 1. The zero-order chi connectivity index (χ0) is 20.1. The monoisotopic (exact) mass is 405 g/mol. The van der Waals surface area contributed by atoms with Gasteiger partial charge in [-0.2, -0.15) is 8.78 Å². The first kappa shape index (κ1) is 19.8. The number of thioether (sulfide) groups is 1. The minimum Gasteiger partial charge on any atom is -0.435 e. The number of nitrogens with zero attached hydrogens (tertiary/aromatic N) is 2. The lowest BCUT2D eigenvalue weighted by molar-refractivity contribution is -0.115. The molecule has 0 saturated carbocycles. The first-order valence-corrected chi connectivity index (χ1v) is 9.22. The lowest BCUT2D eigenvalue weighted by Gasteiger charge is -2.11. The van der Waals surface area contributed by atoms with Gasteiger partial charge in [0, 0.05) is 11.3 Å². The summed E-state index contributed by atoms with van der Waals surface area (Å²) in [6.07, 6.45) is 0. The largest absolute Gasteiger partial charge is 0.435 e. The van der Waals surface area contributed by atoms with Crippen LogP contribution in [0.1, 0.15) is 12.5 Å². The van der Waals surface area contributed by atoms with E-state index in [1.54, 1.807) is 6.92 Å². The van der Waals surface area contributed by atoms with Crippen LogP contribution in [-0.2, 0) is 4.79 Å². The third kappa shape index (κ3) is 5.07. The Kier molecular flexibility index (Phi) is 6.25. The molecule has 0 radical (unpaired) electrons. The van der Waals surface area contributed by atoms with E-state index >= 15 is 0 Å². The summed E-state index contributed by atoms with van der Waals surface area (Å²) in [6, 6.07) is 13.3. The number of halogens is 2. The molecule has 9 heteroatoms. The number of carbonyl (C=O) groups excluding carboxylic acids is 1. The Bertz CT molecular complexity index is 948. The molecule has 0 fully saturated rings. The van der Waals surface area contributed by atoms with Crippen LogP contribution in [0, 0.1) is 6.92 Å². The average Bonchev–Trinajstić information content (AvgIpc) is 3.12. The fraction of sp³-hybridized carbons (Fsp3) is 0.211. The van der Waals surface area contributed by atoms with Crippen LogP contribution in [0.3, 0.4) is 0 Å². The van der Waals surface area contributed by atoms with Crippen LogP contribution in [0.15, 0.2) is 58.2 Å². The van der Waals surface area contributed by atoms with Crippen molar-refractivity contribution >= 4 is 23.4 Å². The molecule has 6 nitrogen and oxygen atoms in total. The molecule has 0 bridgehead atoms. The molecule has 1 atom stereocenters. The van der Waals surface area contributed by atoms with E-state index in [0.29, 0.717) is 5.56 Å². The van der Waals surface area contributed by atoms with Crippen LogP contribution in [0.5, 0.6) is 5.75 Å². The van der Waals surface area contributed by atoms with Crippen LogP contribution in [0.25, 0.3) is 11.5 Å². The summed E-state index contributed by atoms with van der Waals surface area (Å²) < 4.78 is 34.2. The zero-order valence-corrected chi connectivity index (χ0v) is 15.9. The zero-order valence-electron chi connectivity index (χ0n) is 15.1. The predicted octanol–water partition coefficient (Wildman–Crippen LogP) is 4.77. The Hall–Kier alpha value is -2.94. The van der Waals surface area contributed by atoms with Gasteiger partial charge >= 0.3 is 6.61 Å². The van der Waals surface area contributed by atoms with E-state index in [1.165, 1.54) is 24.3 Å². The molecule has 0 aliphatic carbocycles. The molecule has 3 rings (SSSR count). The van der Waals surface area contributed by atoms with Crippen LogP contribution in [0.2, 0.25) is 0 Å². The van der Waals surface area contributed by atoms with Gasteiger partial charge in [0.15, 0.2) is 0 Å². The number of nitrogens with one attached hydrogen (secondary N) is 1. The van der Waals surface area contributed by atoms with Crippen molar-refractivity contribution in [3.05, 3.63) is 54.1 Å². The highest BCUT2D eigenvalue weighted by molar-refractivity contribution is 8.00. The Balaban J connectivity index is 1.62. The Morgan fingerprint density at radius 3 is 2.54 bits per heavy atom. The molecule has 2 aromatic carbocycles. The van der Waals surface area contributed by atoms with Gasteiger partial charge in [-0.15, -0.1) is 10.2 Å². The van der Waals surface area contributed by atoms with Gasteiger partial charge in [0.25, 0.3) is 5.22 Å². The second-order valence-electron chi connectivity index (χ2n) is 5.84. The highest BCUT2D eigenvalue weighted by Gasteiger charge is 2.19. The number of aromatic nitrogens is 2. The molecule has 1 heterocycles. The first-order valence-electron chi connectivity index (χ1n) is 8.34. The van der Waals surface area contributed by atoms with E-state index in [4.69, 9.17) is 4.42 Å². The number of hydrogen-bond donors (Lipinski definition) is 1. The van der Waals surface area contributed by atoms with Gasteiger partial charge in [0.1, 0.15) is 5.75 Å². The number of ether oxygens (including phenoxy) is 1. The standard InChI is InChI=1S/C19H17F2N3O3S/c1-11-5-3-4-6-15(11)22-16(25)12(2)28-19-24-23-17(27-19)13-7-9-14(10-8-13)26-18(20)21/h3-10,12,18H,1-2H3,(H,22,25). The molecule has 0 aliphatic rings. The Morgan fingerprint density at radius 2 is 1.86 bits per heavy atom. The number of rotatable bonds is 7. The molecular formula is C19H17F2N3O3S. The fourth-order valence-corrected chi connectivity index (χ4v) is 2.99. The lowest BCUT2D eigenvalue weighted by Crippen LogP contribution is -2.22. The van der Waals surface area contributed by atoms with Gasteiger partial charge in [0.05, 0.1) is 5.25 Å². The van der Waals surface area contributed by atoms with Gasteiger partial charge in [-0.05, 0) is 49.7 Å². The van der Waals surface area contributed by atoms with E-state index < -0.39 is 11.9 Å². The van der Waals surface area contributed by atoms with Crippen molar-refractivity contribution in [3.63, 3.8) is 0 Å². The van der Waals surface area contributed by atoms with Crippen molar-refractivity contribution in [1.82, 2.24) is 10.2 Å². The summed E-state index contributed by atoms with van der Waals surface area (Å²) in [5, 5.41) is 10.5. The van der Waals surface area contributed by atoms with Gasteiger partial charge < -0.3 is 14.5 Å². The first-order chi connectivity index (χ1) is 13.4. The quantitative estimate of drug-likeness (QED) is 0.571. The molecule has 1 N–H and O–H groups in total. The van der Waals surface area contributed by atoms with E-state index in [0.717, 1.165) is 23.0 Å². The number of anilines is 1. The number of aryl methyl sites for hydroxylation is 1. The second kappa shape index (κ2) is 8.83. The smallest absolute Gasteiger partial charge is 0.387 e. The van der Waals surface area contributed by atoms with Crippen LogP contribution in [-0.4, -0.2) is 28.0 Å². The molecular weight excluding hydrogens is 388 g/mol. The van der Waals surface area contributed by atoms with Gasteiger partial charge in [-0.25, -0.2) is 0 Å². The third-order valence-electron chi connectivity index (χ3n) is 3.78. The molecule has 1 unspecified atom stereocenters. The third-order valence-corrected chi connectivity index (χ3v) is 4.72. The fourth-order valence-electron chi connectivity index (χ4n) is 2.31. The summed E-state index contributed by atoms with van der Waals surface area (Å²) >= 11 is 1.13. The number of benzene rings is 2. The maximum Gasteiger partial charge on any atom is 0.387 e. The van der Waals surface area contributed by atoms with E-state index in [-0.39, 0.29) is 22.8 Å². The number of hydrogen-bond acceptors (Lipinski definition) is 6. The SMILES string of the molecule is Cc1ccccc1NC(=O)C(C)Sc1nnc(-c2ccc(OC(F)F)cc2)o1. The summed E-state index contributed by atoms with van der Waals surface area (Å²) in [6.45, 7) is 0.762. The lowest BCUT2D eigenvalue weighted by atomic mass is 10.2. The molecule has 0 aliphatic heterocycles. The van der Waals surface area contributed by atoms with Gasteiger partial charge in [-0.3, -0.25) is 4.79 Å². The molecule has 0 spiro atoms. The second-order valence-corrected chi connectivity index (χ2v) is 7.13. The van der Waals surface area contributed by atoms with Gasteiger partial charge in [-0.1, -0.05) is 30.0 Å². The van der Waals surface area contributed by atoms with Crippen LogP contribution < -0.4 is 10.1 Å². The topological polar surface area (TPSA) is 77.2 Å². The van der Waals surface area contributed by atoms with Crippen molar-refractivity contribution in [3.8, 4) is 17.2 Å². The van der Waals surface area contributed by atoms with Crippen molar-refractivity contribution in [1.29, 1.82) is 0 Å². The normalized spacial score (nSPS) is 12.0. The van der Waals surface area contributed by atoms with Crippen molar-refractivity contribution in [2.45, 2.75) is 30.9 Å². The molecule has 1 amide bonds. The summed E-state index contributed by atoms with van der Waals surface area (Å²) in [5.41, 5.74) is 2.27. The van der Waals surface area contributed by atoms with Crippen molar-refractivity contribution in [2.75, 3.05) is 5.32 Å². The Labute approximate surface area is 164 Å². The maximum absolute atomic E-state index is 12.4. The highest BCUT2D eigenvalue weighted by atomic mass is 32.2. The number of para-hydroxylation sites is 1. The van der Waals surface area contributed by atoms with E-state index in [9.17, 15) is 13.6 Å². The van der Waals surface area contributed by atoms with Gasteiger partial charge in [0.2, 0.25) is 11.8 Å². The highest BCUT2D eigenvalue weighted by Crippen LogP contribution is 2.28. The molecule has 1 aromatic heterocycles. The Morgan fingerprint density at radius 1 is 1.14 bits per heavy atom. The van der Waals surface area contributed by atoms with E-state index in [1.807, 2.05) is 31.2 Å². The van der Waals surface area contributed by atoms with Crippen LogP contribution in [0.4, 0.5) is 14.5 Å². The van der Waals surface area contributed by atoms with Crippen molar-refractivity contribution < 1.29 is 22.7 Å². The number of alkyl halides is 2. The van der Waals surface area contributed by atoms with Crippen LogP contribution >= 0.6 is 11.8 Å². The summed E-state index contributed by atoms with van der Waals surface area (Å²) in [5.74, 6) is 0.0690. The summed E-state index contributed by atoms with van der Waals surface area (Å²) in [7, 11) is 0. The molecule has 146 valence electrons.